The first kappa shape index (κ1) is 28.2. The highest BCUT2D eigenvalue weighted by Crippen LogP contribution is 2.33. The molecule has 1 amide bonds. The maximum absolute atomic E-state index is 12.0. The third-order valence-electron chi connectivity index (χ3n) is 6.63. The summed E-state index contributed by atoms with van der Waals surface area (Å²) in [6, 6.07) is 11.6. The summed E-state index contributed by atoms with van der Waals surface area (Å²) < 4.78 is 16.1. The largest absolute Gasteiger partial charge is 0.480 e. The SMILES string of the molecule is CN(C)C(=O)Oc1ccc(C[C@H](Nc2nc(Cl)nc(N3CCN(Cc4ccc5c(c4)OCO5)CC3)n2)C(=O)O)cc1. The Morgan fingerprint density at radius 2 is 1.73 bits per heavy atom. The van der Waals surface area contributed by atoms with Gasteiger partial charge in [0, 0.05) is 53.2 Å². The molecule has 14 heteroatoms. The lowest BCUT2D eigenvalue weighted by Gasteiger charge is -2.34. The van der Waals surface area contributed by atoms with E-state index in [9.17, 15) is 14.7 Å². The third-order valence-corrected chi connectivity index (χ3v) is 6.80. The van der Waals surface area contributed by atoms with E-state index >= 15 is 0 Å². The maximum atomic E-state index is 12.0. The molecule has 0 saturated carbocycles. The van der Waals surface area contributed by atoms with Crippen molar-refractivity contribution >= 4 is 35.6 Å². The molecule has 1 atom stereocenters. The number of carbonyl (C=O) groups is 2. The van der Waals surface area contributed by atoms with Crippen molar-refractivity contribution in [1.82, 2.24) is 24.8 Å². The van der Waals surface area contributed by atoms with E-state index in [0.717, 1.165) is 36.7 Å². The van der Waals surface area contributed by atoms with Gasteiger partial charge in [0.1, 0.15) is 11.8 Å². The van der Waals surface area contributed by atoms with E-state index in [4.69, 9.17) is 25.8 Å². The van der Waals surface area contributed by atoms with Crippen LogP contribution in [0.2, 0.25) is 5.28 Å². The second kappa shape index (κ2) is 12.4. The fourth-order valence-electron chi connectivity index (χ4n) is 4.43. The molecule has 41 heavy (non-hydrogen) atoms. The van der Waals surface area contributed by atoms with Crippen molar-refractivity contribution in [2.75, 3.05) is 57.3 Å². The monoisotopic (exact) mass is 583 g/mol. The molecule has 2 N–H and O–H groups in total. The van der Waals surface area contributed by atoms with Gasteiger partial charge in [0.05, 0.1) is 0 Å². The number of ether oxygens (including phenoxy) is 3. The van der Waals surface area contributed by atoms with Gasteiger partial charge in [-0.2, -0.15) is 15.0 Å². The summed E-state index contributed by atoms with van der Waals surface area (Å²) in [7, 11) is 3.17. The third kappa shape index (κ3) is 7.24. The fraction of sp³-hybridized carbons (Fsp3) is 0.370. The Morgan fingerprint density at radius 3 is 2.44 bits per heavy atom. The maximum Gasteiger partial charge on any atom is 0.414 e. The zero-order valence-corrected chi connectivity index (χ0v) is 23.4. The van der Waals surface area contributed by atoms with Gasteiger partial charge in [-0.1, -0.05) is 18.2 Å². The first-order valence-corrected chi connectivity index (χ1v) is 13.4. The number of benzene rings is 2. The molecule has 0 bridgehead atoms. The minimum Gasteiger partial charge on any atom is -0.480 e. The second-order valence-electron chi connectivity index (χ2n) is 9.82. The van der Waals surface area contributed by atoms with Crippen molar-refractivity contribution in [3.05, 3.63) is 58.9 Å². The number of amides is 1. The summed E-state index contributed by atoms with van der Waals surface area (Å²) in [5.74, 6) is 1.27. The molecule has 1 fully saturated rings. The van der Waals surface area contributed by atoms with Crippen LogP contribution in [0, 0.1) is 0 Å². The Kier molecular flexibility index (Phi) is 8.55. The zero-order valence-electron chi connectivity index (χ0n) is 22.6. The van der Waals surface area contributed by atoms with Crippen molar-refractivity contribution in [3.63, 3.8) is 0 Å². The summed E-state index contributed by atoms with van der Waals surface area (Å²) in [6.45, 7) is 3.90. The molecule has 2 aromatic carbocycles. The van der Waals surface area contributed by atoms with Gasteiger partial charge in [-0.25, -0.2) is 9.59 Å². The van der Waals surface area contributed by atoms with Crippen molar-refractivity contribution < 1.29 is 28.9 Å². The average Bonchev–Trinajstić information content (AvgIpc) is 3.42. The molecule has 0 aliphatic carbocycles. The number of hydrogen-bond donors (Lipinski definition) is 2. The Labute approximate surface area is 241 Å². The summed E-state index contributed by atoms with van der Waals surface area (Å²) in [4.78, 5) is 42.3. The van der Waals surface area contributed by atoms with Crippen molar-refractivity contribution in [3.8, 4) is 17.2 Å². The summed E-state index contributed by atoms with van der Waals surface area (Å²) in [5.41, 5.74) is 1.86. The van der Waals surface area contributed by atoms with Crippen molar-refractivity contribution in [2.24, 2.45) is 0 Å². The van der Waals surface area contributed by atoms with Gasteiger partial charge in [-0.05, 0) is 47.0 Å². The number of carbonyl (C=O) groups excluding carboxylic acids is 1. The number of carboxylic acid groups (broad SMARTS) is 1. The van der Waals surface area contributed by atoms with E-state index < -0.39 is 18.1 Å². The molecule has 5 rings (SSSR count). The molecule has 1 aromatic heterocycles. The Hall–Kier alpha value is -4.36. The van der Waals surface area contributed by atoms with Crippen molar-refractivity contribution in [2.45, 2.75) is 19.0 Å². The van der Waals surface area contributed by atoms with E-state index in [2.05, 4.69) is 25.2 Å². The van der Waals surface area contributed by atoms with Crippen LogP contribution < -0.4 is 24.4 Å². The van der Waals surface area contributed by atoms with E-state index in [1.54, 1.807) is 38.4 Å². The van der Waals surface area contributed by atoms with Gasteiger partial charge in [0.2, 0.25) is 24.0 Å². The first-order chi connectivity index (χ1) is 19.7. The Bertz CT molecular complexity index is 1400. The fourth-order valence-corrected chi connectivity index (χ4v) is 4.58. The number of aliphatic carboxylic acids is 1. The molecule has 2 aliphatic rings. The summed E-state index contributed by atoms with van der Waals surface area (Å²) >= 11 is 6.20. The van der Waals surface area contributed by atoms with Crippen molar-refractivity contribution in [1.29, 1.82) is 0 Å². The molecule has 0 unspecified atom stereocenters. The molecule has 3 heterocycles. The predicted octanol–water partition coefficient (Wildman–Crippen LogP) is 2.74. The van der Waals surface area contributed by atoms with Crippen LogP contribution in [0.5, 0.6) is 17.2 Å². The van der Waals surface area contributed by atoms with Crippen LogP contribution in [0.1, 0.15) is 11.1 Å². The number of anilines is 2. The molecule has 2 aliphatic heterocycles. The van der Waals surface area contributed by atoms with Crippen LogP contribution in [0.3, 0.4) is 0 Å². The van der Waals surface area contributed by atoms with Gasteiger partial charge in [0.15, 0.2) is 11.5 Å². The van der Waals surface area contributed by atoms with Gasteiger partial charge in [-0.15, -0.1) is 0 Å². The highest BCUT2D eigenvalue weighted by atomic mass is 35.5. The summed E-state index contributed by atoms with van der Waals surface area (Å²) in [5, 5.41) is 12.7. The normalized spacial score (nSPS) is 15.3. The number of fused-ring (bicyclic) bond motifs is 1. The standard InChI is InChI=1S/C27H30ClN7O6/c1-33(2)27(38)41-19-6-3-17(4-7-19)13-20(23(36)37)29-25-30-24(28)31-26(32-25)35-11-9-34(10-12-35)15-18-5-8-21-22(14-18)40-16-39-21/h3-8,14,20H,9-13,15-16H2,1-2H3,(H,36,37)(H,29,30,31,32)/t20-/m0/s1. The van der Waals surface area contributed by atoms with Gasteiger partial charge < -0.3 is 34.4 Å². The van der Waals surface area contributed by atoms with E-state index in [-0.39, 0.29) is 24.4 Å². The molecular formula is C27H30ClN7O6. The zero-order chi connectivity index (χ0) is 28.9. The highest BCUT2D eigenvalue weighted by molar-refractivity contribution is 6.28. The molecule has 216 valence electrons. The minimum absolute atomic E-state index is 0.0310. The summed E-state index contributed by atoms with van der Waals surface area (Å²) in [6.07, 6.45) is -0.370. The van der Waals surface area contributed by atoms with Gasteiger partial charge in [0.25, 0.3) is 0 Å². The number of halogens is 1. The van der Waals surface area contributed by atoms with Crippen LogP contribution in [0.4, 0.5) is 16.7 Å². The number of piperazine rings is 1. The molecular weight excluding hydrogens is 554 g/mol. The number of rotatable bonds is 9. The minimum atomic E-state index is -1.08. The number of hydrogen-bond acceptors (Lipinski definition) is 11. The lowest BCUT2D eigenvalue weighted by atomic mass is 10.1. The predicted molar refractivity (Wildman–Crippen MR) is 150 cm³/mol. The van der Waals surface area contributed by atoms with Crippen LogP contribution in [0.15, 0.2) is 42.5 Å². The Balaban J connectivity index is 1.19. The van der Waals surface area contributed by atoms with E-state index in [1.807, 2.05) is 23.1 Å². The number of nitrogens with one attached hydrogen (secondary N) is 1. The van der Waals surface area contributed by atoms with Gasteiger partial charge in [-0.3, -0.25) is 4.90 Å². The number of carboxylic acids is 1. The molecule has 1 saturated heterocycles. The number of nitrogens with zero attached hydrogens (tertiary/aromatic N) is 6. The van der Waals surface area contributed by atoms with Crippen LogP contribution in [-0.4, -0.2) is 95.0 Å². The lowest BCUT2D eigenvalue weighted by molar-refractivity contribution is -0.137. The topological polar surface area (TPSA) is 142 Å². The van der Waals surface area contributed by atoms with Crippen LogP contribution >= 0.6 is 11.6 Å². The van der Waals surface area contributed by atoms with Gasteiger partial charge >= 0.3 is 12.1 Å². The average molecular weight is 584 g/mol. The molecule has 0 radical (unpaired) electrons. The number of aromatic nitrogens is 3. The molecule has 0 spiro atoms. The van der Waals surface area contributed by atoms with Crippen LogP contribution in [0.25, 0.3) is 0 Å². The van der Waals surface area contributed by atoms with Crippen LogP contribution in [-0.2, 0) is 17.8 Å². The first-order valence-electron chi connectivity index (χ1n) is 13.0. The smallest absolute Gasteiger partial charge is 0.414 e. The highest BCUT2D eigenvalue weighted by Gasteiger charge is 2.24. The molecule has 13 nitrogen and oxygen atoms in total. The Morgan fingerprint density at radius 1 is 1.02 bits per heavy atom. The van der Waals surface area contributed by atoms with E-state index in [1.165, 1.54) is 4.90 Å². The second-order valence-corrected chi connectivity index (χ2v) is 10.2. The van der Waals surface area contributed by atoms with E-state index in [0.29, 0.717) is 30.4 Å². The molecule has 3 aromatic rings. The lowest BCUT2D eigenvalue weighted by Crippen LogP contribution is -2.46. The quantitative estimate of drug-likeness (QED) is 0.382.